The molecule has 0 aliphatic rings. The van der Waals surface area contributed by atoms with Gasteiger partial charge in [-0.1, -0.05) is 59.6 Å². The van der Waals surface area contributed by atoms with Gasteiger partial charge in [-0.25, -0.2) is 4.79 Å². The molecule has 0 heterocycles. The smallest absolute Gasteiger partial charge is 0.337 e. The predicted octanol–water partition coefficient (Wildman–Crippen LogP) is 5.76. The number of carboxylic acid groups (broad SMARTS) is 1. The van der Waals surface area contributed by atoms with Gasteiger partial charge in [-0.3, -0.25) is 4.79 Å². The SMILES string of the molecule is O=C(C=C(c1ccc(Cl)cc1)c1ccc(Cl)cc1)Nc1ccccc1C(=O)O. The summed E-state index contributed by atoms with van der Waals surface area (Å²) in [5.41, 5.74) is 2.46. The Balaban J connectivity index is 1.99. The molecule has 28 heavy (non-hydrogen) atoms. The van der Waals surface area contributed by atoms with Crippen LogP contribution in [0.3, 0.4) is 0 Å². The lowest BCUT2D eigenvalue weighted by Gasteiger charge is -2.11. The maximum Gasteiger partial charge on any atom is 0.337 e. The van der Waals surface area contributed by atoms with E-state index >= 15 is 0 Å². The summed E-state index contributed by atoms with van der Waals surface area (Å²) in [6.07, 6.45) is 1.42. The van der Waals surface area contributed by atoms with E-state index in [-0.39, 0.29) is 11.3 Å². The number of para-hydroxylation sites is 1. The van der Waals surface area contributed by atoms with Crippen LogP contribution < -0.4 is 5.32 Å². The van der Waals surface area contributed by atoms with Crippen molar-refractivity contribution >= 4 is 46.3 Å². The van der Waals surface area contributed by atoms with Gasteiger partial charge in [0.05, 0.1) is 11.3 Å². The Morgan fingerprint density at radius 2 is 1.29 bits per heavy atom. The van der Waals surface area contributed by atoms with Gasteiger partial charge in [0.25, 0.3) is 0 Å². The highest BCUT2D eigenvalue weighted by Crippen LogP contribution is 2.26. The molecule has 3 aromatic carbocycles. The normalized spacial score (nSPS) is 10.2. The second kappa shape index (κ2) is 8.74. The van der Waals surface area contributed by atoms with Crippen LogP contribution in [-0.2, 0) is 4.79 Å². The molecule has 0 fully saturated rings. The highest BCUT2D eigenvalue weighted by Gasteiger charge is 2.13. The number of anilines is 1. The molecule has 140 valence electrons. The van der Waals surface area contributed by atoms with Gasteiger partial charge < -0.3 is 10.4 Å². The van der Waals surface area contributed by atoms with Crippen LogP contribution in [0.2, 0.25) is 10.0 Å². The van der Waals surface area contributed by atoms with Crippen LogP contribution in [-0.4, -0.2) is 17.0 Å². The molecule has 0 aliphatic carbocycles. The number of hydrogen-bond acceptors (Lipinski definition) is 2. The van der Waals surface area contributed by atoms with Crippen molar-refractivity contribution in [1.82, 2.24) is 0 Å². The second-order valence-electron chi connectivity index (χ2n) is 5.91. The molecule has 2 N–H and O–H groups in total. The molecule has 0 bridgehead atoms. The van der Waals surface area contributed by atoms with Gasteiger partial charge in [0, 0.05) is 16.1 Å². The fraction of sp³-hybridized carbons (Fsp3) is 0. The fourth-order valence-electron chi connectivity index (χ4n) is 2.67. The minimum atomic E-state index is -1.12. The van der Waals surface area contributed by atoms with E-state index in [2.05, 4.69) is 5.32 Å². The van der Waals surface area contributed by atoms with E-state index in [4.69, 9.17) is 23.2 Å². The highest BCUT2D eigenvalue weighted by atomic mass is 35.5. The molecule has 0 radical (unpaired) electrons. The van der Waals surface area contributed by atoms with Crippen molar-refractivity contribution < 1.29 is 14.7 Å². The fourth-order valence-corrected chi connectivity index (χ4v) is 2.92. The van der Waals surface area contributed by atoms with Crippen LogP contribution >= 0.6 is 23.2 Å². The third-order valence-electron chi connectivity index (χ3n) is 4.00. The first-order valence-electron chi connectivity index (χ1n) is 8.31. The van der Waals surface area contributed by atoms with Crippen LogP contribution in [0.4, 0.5) is 5.69 Å². The third-order valence-corrected chi connectivity index (χ3v) is 4.51. The van der Waals surface area contributed by atoms with E-state index in [1.165, 1.54) is 12.1 Å². The van der Waals surface area contributed by atoms with Crippen LogP contribution in [0.25, 0.3) is 5.57 Å². The number of benzene rings is 3. The number of halogens is 2. The van der Waals surface area contributed by atoms with Crippen molar-refractivity contribution in [1.29, 1.82) is 0 Å². The van der Waals surface area contributed by atoms with E-state index in [9.17, 15) is 14.7 Å². The maximum absolute atomic E-state index is 12.6. The Bertz CT molecular complexity index is 995. The number of rotatable bonds is 5. The number of carbonyl (C=O) groups is 2. The van der Waals surface area contributed by atoms with Crippen LogP contribution in [0.15, 0.2) is 78.9 Å². The molecule has 0 aromatic heterocycles. The summed E-state index contributed by atoms with van der Waals surface area (Å²) in [6.45, 7) is 0. The number of carbonyl (C=O) groups excluding carboxylic acids is 1. The summed E-state index contributed by atoms with van der Waals surface area (Å²) < 4.78 is 0. The molecule has 0 unspecified atom stereocenters. The van der Waals surface area contributed by atoms with Crippen molar-refractivity contribution in [3.63, 3.8) is 0 Å². The van der Waals surface area contributed by atoms with Gasteiger partial charge in [0.2, 0.25) is 5.91 Å². The first-order chi connectivity index (χ1) is 13.4. The third kappa shape index (κ3) is 4.80. The summed E-state index contributed by atoms with van der Waals surface area (Å²) in [4.78, 5) is 24.0. The summed E-state index contributed by atoms with van der Waals surface area (Å²) in [7, 11) is 0. The quantitative estimate of drug-likeness (QED) is 0.524. The van der Waals surface area contributed by atoms with E-state index in [0.717, 1.165) is 11.1 Å². The van der Waals surface area contributed by atoms with Crippen molar-refractivity contribution in [3.05, 3.63) is 106 Å². The lowest BCUT2D eigenvalue weighted by molar-refractivity contribution is -0.111. The monoisotopic (exact) mass is 411 g/mol. The largest absolute Gasteiger partial charge is 0.478 e. The summed E-state index contributed by atoms with van der Waals surface area (Å²) >= 11 is 11.9. The van der Waals surface area contributed by atoms with E-state index in [0.29, 0.717) is 15.6 Å². The van der Waals surface area contributed by atoms with Crippen LogP contribution in [0, 0.1) is 0 Å². The van der Waals surface area contributed by atoms with Gasteiger partial charge in [-0.05, 0) is 53.1 Å². The van der Waals surface area contributed by atoms with Crippen molar-refractivity contribution in [2.45, 2.75) is 0 Å². The first kappa shape index (κ1) is 19.7. The van der Waals surface area contributed by atoms with Crippen LogP contribution in [0.5, 0.6) is 0 Å². The van der Waals surface area contributed by atoms with E-state index in [1.807, 2.05) is 0 Å². The molecule has 3 rings (SSSR count). The molecule has 0 spiro atoms. The zero-order chi connectivity index (χ0) is 20.1. The zero-order valence-corrected chi connectivity index (χ0v) is 16.0. The Morgan fingerprint density at radius 3 is 1.79 bits per heavy atom. The Morgan fingerprint density at radius 1 is 0.786 bits per heavy atom. The molecule has 1 amide bonds. The first-order valence-corrected chi connectivity index (χ1v) is 9.06. The molecule has 6 heteroatoms. The number of nitrogens with one attached hydrogen (secondary N) is 1. The van der Waals surface area contributed by atoms with Gasteiger partial charge in [0.15, 0.2) is 0 Å². The minimum Gasteiger partial charge on any atom is -0.478 e. The highest BCUT2D eigenvalue weighted by molar-refractivity contribution is 6.31. The number of aromatic carboxylic acids is 1. The van der Waals surface area contributed by atoms with Crippen molar-refractivity contribution in [2.24, 2.45) is 0 Å². The molecule has 4 nitrogen and oxygen atoms in total. The lowest BCUT2D eigenvalue weighted by Crippen LogP contribution is -2.12. The minimum absolute atomic E-state index is 0.0174. The Kier molecular flexibility index (Phi) is 6.14. The predicted molar refractivity (Wildman–Crippen MR) is 112 cm³/mol. The lowest BCUT2D eigenvalue weighted by atomic mass is 9.97. The van der Waals surface area contributed by atoms with E-state index < -0.39 is 11.9 Å². The second-order valence-corrected chi connectivity index (χ2v) is 6.78. The van der Waals surface area contributed by atoms with Crippen molar-refractivity contribution in [2.75, 3.05) is 5.32 Å². The van der Waals surface area contributed by atoms with Gasteiger partial charge >= 0.3 is 5.97 Å². The average molecular weight is 412 g/mol. The summed E-state index contributed by atoms with van der Waals surface area (Å²) in [5, 5.41) is 13.1. The number of carboxylic acids is 1. The standard InChI is InChI=1S/C22H15Cl2NO3/c23-16-9-5-14(6-10-16)19(15-7-11-17(24)12-8-15)13-21(26)25-20-4-2-1-3-18(20)22(27)28/h1-13H,(H,25,26)(H,27,28). The average Bonchev–Trinajstić information content (AvgIpc) is 2.68. The van der Waals surface area contributed by atoms with Gasteiger partial charge in [0.1, 0.15) is 0 Å². The van der Waals surface area contributed by atoms with Crippen LogP contribution in [0.1, 0.15) is 21.5 Å². The van der Waals surface area contributed by atoms with Crippen molar-refractivity contribution in [3.8, 4) is 0 Å². The van der Waals surface area contributed by atoms with Gasteiger partial charge in [-0.2, -0.15) is 0 Å². The summed E-state index contributed by atoms with van der Waals surface area (Å²) in [6, 6.07) is 20.4. The zero-order valence-electron chi connectivity index (χ0n) is 14.5. The molecule has 0 saturated carbocycles. The van der Waals surface area contributed by atoms with Gasteiger partial charge in [-0.15, -0.1) is 0 Å². The Hall–Kier alpha value is -3.08. The number of amides is 1. The molecular weight excluding hydrogens is 397 g/mol. The maximum atomic E-state index is 12.6. The number of hydrogen-bond donors (Lipinski definition) is 2. The summed E-state index contributed by atoms with van der Waals surface area (Å²) in [5.74, 6) is -1.57. The molecule has 0 atom stereocenters. The molecule has 0 saturated heterocycles. The Labute approximate surface area is 172 Å². The van der Waals surface area contributed by atoms with E-state index in [1.54, 1.807) is 66.7 Å². The molecule has 0 aliphatic heterocycles. The topological polar surface area (TPSA) is 66.4 Å². The molecule has 3 aromatic rings. The molecular formula is C22H15Cl2NO3.